The number of aliphatic hydroxyl groups is 8. The lowest BCUT2D eigenvalue weighted by atomic mass is 9.85. The number of Topliss-reactive ketones (excluding diaryl/α,β-unsaturated/α-hetero) is 1. The minimum absolute atomic E-state index is 0.00940. The molecule has 2 unspecified atom stereocenters. The lowest BCUT2D eigenvalue weighted by Crippen LogP contribution is -2.64. The van der Waals surface area contributed by atoms with Gasteiger partial charge in [0.05, 0.1) is 43.4 Å². The van der Waals surface area contributed by atoms with E-state index in [1.807, 2.05) is 0 Å². The minimum atomic E-state index is -1.85. The maximum Gasteiger partial charge on any atom is 0.405 e. The molecule has 0 saturated carbocycles. The number of ketones is 2. The number of primary amides is 1. The fraction of sp³-hybridized carbons (Fsp3) is 0.667. The van der Waals surface area contributed by atoms with Gasteiger partial charge in [0.15, 0.2) is 18.7 Å². The molecule has 0 aromatic carbocycles. The fourth-order valence-electron chi connectivity index (χ4n) is 7.82. The predicted octanol–water partition coefficient (Wildman–Crippen LogP) is -3.01. The Balaban J connectivity index is 1.54. The molecule has 0 radical (unpaired) electrons. The molecule has 22 heteroatoms. The third-order valence-electron chi connectivity index (χ3n) is 11.4. The molecule has 4 aliphatic rings. The standard InChI is InChI=1S/C42H63N3O19/c1-18-12-22-29(44-10-11-60-40-36(55)34(53)38(28(17-47)62-40)63-41-35(54)33(52)32(51)27(16-46)61-41)24(48)15-23(31(22)50)45-39(56)19(2)8-7-9-25(58-5)37(64-42(43)57)21(4)14-20(3)30(49)26(13-18)59-6/h7-9,14-15,18,20,25-28,30,32-38,40-41,44,46-47,49,51-55H,10-13,16-17H2,1-6H3,(H2,43,57)(H,45,56)/b9-7-,19-8+,21-14+/t18-,20?,25?,26+,27+,28+,30-,32+,33+,34-,35+,36+,37+,38-,40-,41+/m1/s1. The number of aliphatic hydroxyl groups excluding tert-OH is 8. The molecule has 0 spiro atoms. The number of hydrogen-bond donors (Lipinski definition) is 11. The fourth-order valence-corrected chi connectivity index (χ4v) is 7.82. The third-order valence-corrected chi connectivity index (χ3v) is 11.4. The SMILES string of the molecule is COC1/C=C\C=C(/C)C(=O)NC2=CC(=O)C(NCCO[C@@H]3O[C@@H](CO)[C@@H](O[C@@H]4O[C@@H](CO)[C@H](O)[C@H](O)[C@@H]4O)[C@H](O)[C@@H]3O)=C(C[C@@H](C)C[C@H](OC)[C@H](O)C(C)/C=C(\C)[C@@H]1OC(N)=O)C2=O. The number of fused-ring (bicyclic) bond motifs is 2. The number of rotatable bonds is 12. The van der Waals surface area contributed by atoms with Crippen molar-refractivity contribution < 1.29 is 93.2 Å². The van der Waals surface area contributed by atoms with Gasteiger partial charge in [0.25, 0.3) is 5.91 Å². The molecular formula is C42H63N3O19. The van der Waals surface area contributed by atoms with Gasteiger partial charge in [-0.15, -0.1) is 0 Å². The molecule has 3 aliphatic heterocycles. The number of allylic oxidation sites excluding steroid dienone is 4. The molecule has 12 N–H and O–H groups in total. The Morgan fingerprint density at radius 2 is 1.55 bits per heavy atom. The van der Waals surface area contributed by atoms with Gasteiger partial charge < -0.3 is 90.4 Å². The van der Waals surface area contributed by atoms with Crippen LogP contribution < -0.4 is 16.4 Å². The van der Waals surface area contributed by atoms with Crippen LogP contribution in [-0.2, 0) is 47.5 Å². The van der Waals surface area contributed by atoms with Crippen molar-refractivity contribution in [3.05, 3.63) is 58.5 Å². The van der Waals surface area contributed by atoms with Crippen LogP contribution in [0.15, 0.2) is 58.5 Å². The van der Waals surface area contributed by atoms with Crippen LogP contribution in [0.1, 0.15) is 40.5 Å². The average Bonchev–Trinajstić information content (AvgIpc) is 3.26. The first-order chi connectivity index (χ1) is 30.3. The van der Waals surface area contributed by atoms with Crippen molar-refractivity contribution in [2.45, 2.75) is 126 Å². The molecule has 2 saturated heterocycles. The lowest BCUT2D eigenvalue weighted by molar-refractivity contribution is -0.359. The van der Waals surface area contributed by atoms with Gasteiger partial charge in [-0.05, 0) is 38.2 Å². The second-order valence-electron chi connectivity index (χ2n) is 16.2. The van der Waals surface area contributed by atoms with E-state index in [-0.39, 0.29) is 48.5 Å². The van der Waals surface area contributed by atoms with Crippen LogP contribution in [0.2, 0.25) is 0 Å². The summed E-state index contributed by atoms with van der Waals surface area (Å²) < 4.78 is 38.9. The monoisotopic (exact) mass is 913 g/mol. The highest BCUT2D eigenvalue weighted by molar-refractivity contribution is 6.23. The zero-order chi connectivity index (χ0) is 47.6. The summed E-state index contributed by atoms with van der Waals surface area (Å²) in [5.41, 5.74) is 5.63. The molecule has 22 nitrogen and oxygen atoms in total. The summed E-state index contributed by atoms with van der Waals surface area (Å²) in [5, 5.41) is 88.9. The molecule has 4 rings (SSSR count). The van der Waals surface area contributed by atoms with E-state index in [0.717, 1.165) is 6.08 Å². The summed E-state index contributed by atoms with van der Waals surface area (Å²) in [7, 11) is 2.80. The van der Waals surface area contributed by atoms with Gasteiger partial charge in [-0.25, -0.2) is 4.79 Å². The number of methoxy groups -OCH3 is 2. The van der Waals surface area contributed by atoms with Gasteiger partial charge >= 0.3 is 6.09 Å². The van der Waals surface area contributed by atoms with E-state index in [0.29, 0.717) is 5.57 Å². The maximum absolute atomic E-state index is 14.1. The van der Waals surface area contributed by atoms with Crippen molar-refractivity contribution in [2.75, 3.05) is 40.6 Å². The summed E-state index contributed by atoms with van der Waals surface area (Å²) in [6, 6.07) is 0. The minimum Gasteiger partial charge on any atom is -0.439 e. The normalized spacial score (nSPS) is 39.5. The Morgan fingerprint density at radius 3 is 2.17 bits per heavy atom. The molecule has 0 aromatic heterocycles. The van der Waals surface area contributed by atoms with E-state index in [9.17, 15) is 60.0 Å². The number of amides is 2. The number of ether oxygens (including phenoxy) is 7. The van der Waals surface area contributed by atoms with E-state index >= 15 is 0 Å². The van der Waals surface area contributed by atoms with E-state index in [1.54, 1.807) is 26.8 Å². The summed E-state index contributed by atoms with van der Waals surface area (Å²) in [5.74, 6) is -3.00. The number of carbonyl (C=O) groups excluding carboxylic acids is 4. The quantitative estimate of drug-likeness (QED) is 0.0528. The highest BCUT2D eigenvalue weighted by Crippen LogP contribution is 2.31. The Morgan fingerprint density at radius 1 is 0.891 bits per heavy atom. The van der Waals surface area contributed by atoms with Gasteiger partial charge in [0, 0.05) is 43.9 Å². The van der Waals surface area contributed by atoms with Crippen molar-refractivity contribution in [3.8, 4) is 0 Å². The van der Waals surface area contributed by atoms with Crippen LogP contribution >= 0.6 is 0 Å². The predicted molar refractivity (Wildman–Crippen MR) is 220 cm³/mol. The van der Waals surface area contributed by atoms with Crippen molar-refractivity contribution in [1.29, 1.82) is 0 Å². The summed E-state index contributed by atoms with van der Waals surface area (Å²) in [6.07, 6.45) is -14.1. The Kier molecular flexibility index (Phi) is 19.7. The van der Waals surface area contributed by atoms with Crippen LogP contribution in [0.3, 0.4) is 0 Å². The van der Waals surface area contributed by atoms with Crippen molar-refractivity contribution in [3.63, 3.8) is 0 Å². The zero-order valence-corrected chi connectivity index (χ0v) is 36.5. The van der Waals surface area contributed by atoms with E-state index < -0.39 is 134 Å². The molecule has 0 aromatic rings. The van der Waals surface area contributed by atoms with Gasteiger partial charge in [0.2, 0.25) is 11.6 Å². The first-order valence-corrected chi connectivity index (χ1v) is 20.8. The summed E-state index contributed by atoms with van der Waals surface area (Å²) in [4.78, 5) is 53.0. The topological polar surface area (TPSA) is 345 Å². The van der Waals surface area contributed by atoms with Crippen molar-refractivity contribution >= 4 is 23.6 Å². The van der Waals surface area contributed by atoms with E-state index in [1.165, 1.54) is 39.4 Å². The number of carbonyl (C=O) groups is 4. The Labute approximate surface area is 369 Å². The van der Waals surface area contributed by atoms with Crippen LogP contribution in [-0.4, -0.2) is 191 Å². The number of nitrogens with one attached hydrogen (secondary N) is 2. The van der Waals surface area contributed by atoms with Gasteiger partial charge in [0.1, 0.15) is 54.9 Å². The largest absolute Gasteiger partial charge is 0.439 e. The van der Waals surface area contributed by atoms with Crippen LogP contribution in [0.5, 0.6) is 0 Å². The lowest BCUT2D eigenvalue weighted by Gasteiger charge is -2.45. The summed E-state index contributed by atoms with van der Waals surface area (Å²) >= 11 is 0. The highest BCUT2D eigenvalue weighted by Gasteiger charge is 2.51. The number of hydrogen-bond acceptors (Lipinski definition) is 20. The first-order valence-electron chi connectivity index (χ1n) is 20.8. The highest BCUT2D eigenvalue weighted by atomic mass is 16.7. The van der Waals surface area contributed by atoms with Gasteiger partial charge in [-0.1, -0.05) is 38.2 Å². The maximum atomic E-state index is 14.1. The molecular weight excluding hydrogens is 850 g/mol. The first kappa shape index (κ1) is 52.6. The second-order valence-corrected chi connectivity index (χ2v) is 16.2. The molecule has 64 heavy (non-hydrogen) atoms. The Bertz CT molecular complexity index is 1800. The number of nitrogens with two attached hydrogens (primary N) is 1. The zero-order valence-electron chi connectivity index (χ0n) is 36.5. The molecule has 360 valence electrons. The molecule has 1 aliphatic carbocycles. The smallest absolute Gasteiger partial charge is 0.405 e. The Hall–Kier alpha value is -3.98. The van der Waals surface area contributed by atoms with Crippen molar-refractivity contribution in [1.82, 2.24) is 10.6 Å². The van der Waals surface area contributed by atoms with E-state index in [4.69, 9.17) is 38.9 Å². The molecule has 16 atom stereocenters. The van der Waals surface area contributed by atoms with Crippen molar-refractivity contribution in [2.24, 2.45) is 17.6 Å². The van der Waals surface area contributed by atoms with Crippen LogP contribution in [0.4, 0.5) is 4.79 Å². The van der Waals surface area contributed by atoms with Crippen LogP contribution in [0, 0.1) is 11.8 Å². The van der Waals surface area contributed by atoms with Crippen LogP contribution in [0.25, 0.3) is 0 Å². The molecule has 3 heterocycles. The molecule has 2 amide bonds. The third kappa shape index (κ3) is 12.9. The average molecular weight is 914 g/mol. The summed E-state index contributed by atoms with van der Waals surface area (Å²) in [6.45, 7) is 4.67. The van der Waals surface area contributed by atoms with Gasteiger partial charge in [-0.3, -0.25) is 14.4 Å². The molecule has 2 bridgehead atoms. The molecule has 2 fully saturated rings. The second kappa shape index (κ2) is 24.0. The van der Waals surface area contributed by atoms with E-state index in [2.05, 4.69) is 10.6 Å². The van der Waals surface area contributed by atoms with Gasteiger partial charge in [-0.2, -0.15) is 0 Å².